The maximum absolute atomic E-state index is 13.5. The SMILES string of the molecule is O=C(OCc1ccccc1)N1C(=O)[C@H]2CCCN2C(=O)C1CCSSCCC1C(=O)N2CCC[C@@H]2C(=O)N1C(=O)OCc1ccccc1. The molecule has 254 valence electrons. The standard InChI is InChI=1S/C34H38N4O8S2/c39-29-27(37(31(41)25-13-7-17-35(25)29)33(43)45-21-23-9-3-1-4-10-23)15-19-47-48-20-16-28-30(40)36-18-8-14-26(36)32(42)38(28)34(44)46-22-24-11-5-2-6-12-24/h1-6,9-12,25-28H,7-8,13-22H2/t25-,26-,27?,28?/m1/s1. The molecule has 6 rings (SSSR count). The van der Waals surface area contributed by atoms with Gasteiger partial charge in [0.25, 0.3) is 11.8 Å². The van der Waals surface area contributed by atoms with Crippen LogP contribution in [0.2, 0.25) is 0 Å². The first-order valence-electron chi connectivity index (χ1n) is 16.3. The number of nitrogens with zero attached hydrogens (tertiary/aromatic N) is 4. The maximum atomic E-state index is 13.5. The molecule has 0 spiro atoms. The van der Waals surface area contributed by atoms with Crippen LogP contribution in [0.1, 0.15) is 49.7 Å². The molecule has 6 amide bonds. The minimum absolute atomic E-state index is 0.0132. The van der Waals surface area contributed by atoms with Crippen LogP contribution < -0.4 is 0 Å². The van der Waals surface area contributed by atoms with Gasteiger partial charge in [-0.15, -0.1) is 0 Å². The third-order valence-corrected chi connectivity index (χ3v) is 11.6. The van der Waals surface area contributed by atoms with Crippen molar-refractivity contribution in [1.29, 1.82) is 0 Å². The topological polar surface area (TPSA) is 134 Å². The average Bonchev–Trinajstić information content (AvgIpc) is 3.81. The van der Waals surface area contributed by atoms with Crippen LogP contribution in [-0.2, 0) is 41.9 Å². The summed E-state index contributed by atoms with van der Waals surface area (Å²) in [5.74, 6) is -0.458. The van der Waals surface area contributed by atoms with Crippen LogP contribution in [-0.4, -0.2) is 104 Å². The van der Waals surface area contributed by atoms with Crippen LogP contribution in [0.5, 0.6) is 0 Å². The molecule has 0 aromatic heterocycles. The Balaban J connectivity index is 1.04. The predicted molar refractivity (Wildman–Crippen MR) is 178 cm³/mol. The molecule has 48 heavy (non-hydrogen) atoms. The quantitative estimate of drug-likeness (QED) is 0.249. The fourth-order valence-corrected chi connectivity index (χ4v) is 8.92. The van der Waals surface area contributed by atoms with Crippen molar-refractivity contribution in [2.24, 2.45) is 0 Å². The summed E-state index contributed by atoms with van der Waals surface area (Å²) in [5.41, 5.74) is 1.54. The first-order valence-corrected chi connectivity index (χ1v) is 18.8. The van der Waals surface area contributed by atoms with Crippen LogP contribution in [0.15, 0.2) is 60.7 Å². The van der Waals surface area contributed by atoms with Crippen LogP contribution >= 0.6 is 21.6 Å². The van der Waals surface area contributed by atoms with Gasteiger partial charge in [-0.1, -0.05) is 82.3 Å². The highest BCUT2D eigenvalue weighted by molar-refractivity contribution is 8.76. The molecule has 0 aliphatic carbocycles. The van der Waals surface area contributed by atoms with Crippen molar-refractivity contribution < 1.29 is 38.2 Å². The molecule has 2 aromatic carbocycles. The Labute approximate surface area is 286 Å². The number of ether oxygens (including phenoxy) is 2. The molecular weight excluding hydrogens is 657 g/mol. The van der Waals surface area contributed by atoms with E-state index in [1.54, 1.807) is 9.80 Å². The normalized spacial score (nSPS) is 23.8. The van der Waals surface area contributed by atoms with E-state index in [-0.39, 0.29) is 37.9 Å². The lowest BCUT2D eigenvalue weighted by molar-refractivity contribution is -0.157. The van der Waals surface area contributed by atoms with Crippen molar-refractivity contribution in [3.8, 4) is 0 Å². The molecule has 0 radical (unpaired) electrons. The Kier molecular flexibility index (Phi) is 10.9. The molecule has 2 unspecified atom stereocenters. The summed E-state index contributed by atoms with van der Waals surface area (Å²) in [5, 5.41) is 0. The number of amides is 6. The monoisotopic (exact) mass is 694 g/mol. The van der Waals surface area contributed by atoms with Gasteiger partial charge in [-0.05, 0) is 49.7 Å². The van der Waals surface area contributed by atoms with E-state index in [2.05, 4.69) is 0 Å². The van der Waals surface area contributed by atoms with Crippen molar-refractivity contribution in [2.45, 2.75) is 75.9 Å². The number of hydrogen-bond acceptors (Lipinski definition) is 10. The average molecular weight is 695 g/mol. The Morgan fingerprint density at radius 3 is 1.40 bits per heavy atom. The smallest absolute Gasteiger partial charge is 0.417 e. The molecule has 12 nitrogen and oxygen atoms in total. The molecule has 4 aliphatic heterocycles. The fraction of sp³-hybridized carbons (Fsp3) is 0.471. The Morgan fingerprint density at radius 1 is 0.604 bits per heavy atom. The van der Waals surface area contributed by atoms with Gasteiger partial charge in [0.2, 0.25) is 11.8 Å². The highest BCUT2D eigenvalue weighted by Crippen LogP contribution is 2.33. The number of carbonyl (C=O) groups is 6. The zero-order chi connectivity index (χ0) is 33.6. The van der Waals surface area contributed by atoms with Crippen LogP contribution in [0, 0.1) is 0 Å². The van der Waals surface area contributed by atoms with Gasteiger partial charge in [0, 0.05) is 24.6 Å². The number of fused-ring (bicyclic) bond motifs is 2. The predicted octanol–water partition coefficient (Wildman–Crippen LogP) is 4.23. The molecule has 4 fully saturated rings. The van der Waals surface area contributed by atoms with Crippen LogP contribution in [0.3, 0.4) is 0 Å². The van der Waals surface area contributed by atoms with E-state index in [1.165, 1.54) is 21.6 Å². The van der Waals surface area contributed by atoms with Crippen molar-refractivity contribution in [1.82, 2.24) is 19.6 Å². The van der Waals surface area contributed by atoms with E-state index < -0.39 is 48.2 Å². The summed E-state index contributed by atoms with van der Waals surface area (Å²) in [6, 6.07) is 15.0. The third-order valence-electron chi connectivity index (χ3n) is 9.15. The van der Waals surface area contributed by atoms with E-state index in [0.717, 1.165) is 20.9 Å². The highest BCUT2D eigenvalue weighted by atomic mass is 33.1. The zero-order valence-electron chi connectivity index (χ0n) is 26.4. The van der Waals surface area contributed by atoms with Crippen molar-refractivity contribution in [3.63, 3.8) is 0 Å². The van der Waals surface area contributed by atoms with Gasteiger partial charge in [0.15, 0.2) is 0 Å². The largest absolute Gasteiger partial charge is 0.444 e. The molecule has 0 bridgehead atoms. The summed E-state index contributed by atoms with van der Waals surface area (Å²) < 4.78 is 11.0. The highest BCUT2D eigenvalue weighted by Gasteiger charge is 2.52. The minimum Gasteiger partial charge on any atom is -0.444 e. The van der Waals surface area contributed by atoms with Crippen molar-refractivity contribution in [2.75, 3.05) is 24.6 Å². The van der Waals surface area contributed by atoms with E-state index >= 15 is 0 Å². The Hall–Kier alpha value is -4.04. The first kappa shape index (κ1) is 33.8. The first-order chi connectivity index (χ1) is 23.3. The van der Waals surface area contributed by atoms with Crippen molar-refractivity contribution >= 4 is 57.4 Å². The molecule has 4 heterocycles. The summed E-state index contributed by atoms with van der Waals surface area (Å²) in [6.07, 6.45) is 1.25. The van der Waals surface area contributed by atoms with Gasteiger partial charge in [0.1, 0.15) is 37.4 Å². The van der Waals surface area contributed by atoms with Gasteiger partial charge in [-0.3, -0.25) is 19.2 Å². The number of hydrogen-bond donors (Lipinski definition) is 0. The number of benzene rings is 2. The summed E-state index contributed by atoms with van der Waals surface area (Å²) >= 11 is 0. The second-order valence-corrected chi connectivity index (χ2v) is 14.8. The van der Waals surface area contributed by atoms with Gasteiger partial charge in [-0.25, -0.2) is 19.4 Å². The zero-order valence-corrected chi connectivity index (χ0v) is 28.1. The Morgan fingerprint density at radius 2 is 1.00 bits per heavy atom. The summed E-state index contributed by atoms with van der Waals surface area (Å²) in [7, 11) is 2.88. The number of carbonyl (C=O) groups excluding carboxylic acids is 6. The van der Waals surface area contributed by atoms with Gasteiger partial charge in [0.05, 0.1) is 0 Å². The lowest BCUT2D eigenvalue weighted by atomic mass is 10.0. The lowest BCUT2D eigenvalue weighted by Gasteiger charge is -2.40. The molecular formula is C34H38N4O8S2. The molecule has 4 saturated heterocycles. The van der Waals surface area contributed by atoms with E-state index in [9.17, 15) is 28.8 Å². The second kappa shape index (κ2) is 15.5. The number of imide groups is 2. The molecule has 4 aliphatic rings. The number of piperazine rings is 2. The van der Waals surface area contributed by atoms with E-state index in [0.29, 0.717) is 50.3 Å². The Bertz CT molecular complexity index is 1420. The fourth-order valence-electron chi connectivity index (χ4n) is 6.76. The molecule has 2 aromatic rings. The summed E-state index contributed by atoms with van der Waals surface area (Å²) in [4.78, 5) is 85.2. The van der Waals surface area contributed by atoms with E-state index in [1.807, 2.05) is 60.7 Å². The lowest BCUT2D eigenvalue weighted by Crippen LogP contribution is -2.64. The second-order valence-electron chi connectivity index (χ2n) is 12.1. The van der Waals surface area contributed by atoms with Crippen LogP contribution in [0.25, 0.3) is 0 Å². The third kappa shape index (κ3) is 7.19. The van der Waals surface area contributed by atoms with Gasteiger partial charge >= 0.3 is 12.2 Å². The molecule has 4 atom stereocenters. The number of rotatable bonds is 11. The van der Waals surface area contributed by atoms with Gasteiger partial charge < -0.3 is 19.3 Å². The molecule has 14 heteroatoms. The minimum atomic E-state index is -0.970. The van der Waals surface area contributed by atoms with Gasteiger partial charge in [-0.2, -0.15) is 0 Å². The van der Waals surface area contributed by atoms with E-state index in [4.69, 9.17) is 9.47 Å². The molecule has 0 saturated carbocycles. The maximum Gasteiger partial charge on any atom is 0.417 e. The van der Waals surface area contributed by atoms with Crippen LogP contribution in [0.4, 0.5) is 9.59 Å². The van der Waals surface area contributed by atoms with Crippen molar-refractivity contribution in [3.05, 3.63) is 71.8 Å². The molecule has 0 N–H and O–H groups in total. The summed E-state index contributed by atoms with van der Waals surface area (Å²) in [6.45, 7) is 0.940.